The van der Waals surface area contributed by atoms with E-state index in [9.17, 15) is 19.2 Å². The number of carbonyl (C=O) groups excluding carboxylic acids is 4. The molecule has 0 bridgehead atoms. The fourth-order valence-corrected chi connectivity index (χ4v) is 4.97. The fourth-order valence-electron chi connectivity index (χ4n) is 3.60. The molecule has 1 heterocycles. The van der Waals surface area contributed by atoms with Crippen LogP contribution >= 0.6 is 31.9 Å². The largest absolute Gasteiger partial charge is 0.494 e. The van der Waals surface area contributed by atoms with Crippen LogP contribution in [0.5, 0.6) is 11.5 Å². The van der Waals surface area contributed by atoms with E-state index in [1.807, 2.05) is 13.0 Å². The van der Waals surface area contributed by atoms with Crippen molar-refractivity contribution in [1.82, 2.24) is 5.32 Å². The van der Waals surface area contributed by atoms with Crippen LogP contribution in [-0.4, -0.2) is 37.0 Å². The number of para-hydroxylation sites is 1. The number of nitrogens with zero attached hydrogens (tertiary/aromatic N) is 1. The van der Waals surface area contributed by atoms with Gasteiger partial charge in [-0.3, -0.25) is 19.7 Å². The number of urea groups is 1. The lowest BCUT2D eigenvalue weighted by Crippen LogP contribution is -2.54. The summed E-state index contributed by atoms with van der Waals surface area (Å²) in [4.78, 5) is 51.9. The van der Waals surface area contributed by atoms with Crippen LogP contribution in [0, 0.1) is 0 Å². The van der Waals surface area contributed by atoms with Crippen LogP contribution in [0.25, 0.3) is 6.08 Å². The van der Waals surface area contributed by atoms with Crippen molar-refractivity contribution < 1.29 is 28.7 Å². The molecule has 0 aliphatic carbocycles. The van der Waals surface area contributed by atoms with Gasteiger partial charge in [0.2, 0.25) is 0 Å². The summed E-state index contributed by atoms with van der Waals surface area (Å²) in [6.07, 6.45) is 1.31. The summed E-state index contributed by atoms with van der Waals surface area (Å²) in [5.74, 6) is -1.26. The van der Waals surface area contributed by atoms with Gasteiger partial charge in [-0.15, -0.1) is 0 Å². The number of halogens is 2. The molecule has 0 atom stereocenters. The number of barbiturate groups is 1. The number of ether oxygens (including phenoxy) is 2. The molecule has 3 aromatic carbocycles. The highest BCUT2D eigenvalue weighted by Gasteiger charge is 2.37. The summed E-state index contributed by atoms with van der Waals surface area (Å²) >= 11 is 6.80. The second kappa shape index (κ2) is 12.1. The van der Waals surface area contributed by atoms with Gasteiger partial charge < -0.3 is 14.8 Å². The lowest BCUT2D eigenvalue weighted by atomic mass is 10.1. The smallest absolute Gasteiger partial charge is 0.335 e. The molecule has 0 spiro atoms. The predicted molar refractivity (Wildman–Crippen MR) is 149 cm³/mol. The predicted octanol–water partition coefficient (Wildman–Crippen LogP) is 5.29. The maximum Gasteiger partial charge on any atom is 0.335 e. The van der Waals surface area contributed by atoms with E-state index < -0.39 is 23.8 Å². The summed E-state index contributed by atoms with van der Waals surface area (Å²) in [6.45, 7) is 1.97. The molecule has 0 aromatic heterocycles. The zero-order chi connectivity index (χ0) is 27.2. The Hall–Kier alpha value is -3.96. The van der Waals surface area contributed by atoms with Gasteiger partial charge in [0.05, 0.1) is 16.8 Å². The Balaban J connectivity index is 1.61. The molecule has 9 nitrogen and oxygen atoms in total. The van der Waals surface area contributed by atoms with Crippen molar-refractivity contribution in [3.63, 3.8) is 0 Å². The Morgan fingerprint density at radius 1 is 1.00 bits per heavy atom. The first-order valence-corrected chi connectivity index (χ1v) is 13.0. The standard InChI is InChI=1S/C27H21Br2N3O6/c1-2-37-20-10-8-19(9-11-20)32-26(35)21(25(34)31-27(32)36)13-16-12-17(28)14-22(29)24(16)38-15-23(33)30-18-6-4-3-5-7-18/h3-14H,2,15H2,1H3,(H,30,33)(H,31,34,36)/b21-13+. The summed E-state index contributed by atoms with van der Waals surface area (Å²) < 4.78 is 12.3. The summed E-state index contributed by atoms with van der Waals surface area (Å²) in [6, 6.07) is 17.7. The second-order valence-corrected chi connectivity index (χ2v) is 9.66. The molecule has 0 unspecified atom stereocenters. The van der Waals surface area contributed by atoms with Gasteiger partial charge in [-0.2, -0.15) is 0 Å². The maximum absolute atomic E-state index is 13.3. The minimum Gasteiger partial charge on any atom is -0.494 e. The van der Waals surface area contributed by atoms with Crippen LogP contribution in [0.4, 0.5) is 16.2 Å². The summed E-state index contributed by atoms with van der Waals surface area (Å²) in [7, 11) is 0. The van der Waals surface area contributed by atoms with Crippen molar-refractivity contribution in [2.45, 2.75) is 6.92 Å². The normalized spacial score (nSPS) is 14.3. The number of hydrogen-bond acceptors (Lipinski definition) is 6. The van der Waals surface area contributed by atoms with Gasteiger partial charge in [0, 0.05) is 15.7 Å². The molecule has 0 radical (unpaired) electrons. The van der Waals surface area contributed by atoms with Crippen LogP contribution in [0.15, 0.2) is 81.2 Å². The highest BCUT2D eigenvalue weighted by molar-refractivity contribution is 9.11. The third-order valence-electron chi connectivity index (χ3n) is 5.25. The van der Waals surface area contributed by atoms with Gasteiger partial charge >= 0.3 is 6.03 Å². The Morgan fingerprint density at radius 3 is 2.39 bits per heavy atom. The minimum absolute atomic E-state index is 0.231. The minimum atomic E-state index is -0.870. The first-order chi connectivity index (χ1) is 18.3. The summed E-state index contributed by atoms with van der Waals surface area (Å²) in [5.41, 5.74) is 0.918. The van der Waals surface area contributed by atoms with Crippen LogP contribution < -0.4 is 25.0 Å². The molecule has 1 saturated heterocycles. The van der Waals surface area contributed by atoms with Crippen molar-refractivity contribution in [2.75, 3.05) is 23.4 Å². The number of anilines is 2. The highest BCUT2D eigenvalue weighted by atomic mass is 79.9. The molecule has 194 valence electrons. The number of carbonyl (C=O) groups is 4. The van der Waals surface area contributed by atoms with E-state index in [1.165, 1.54) is 6.08 Å². The van der Waals surface area contributed by atoms with Crippen molar-refractivity contribution in [1.29, 1.82) is 0 Å². The zero-order valence-electron chi connectivity index (χ0n) is 20.0. The molecule has 0 saturated carbocycles. The van der Waals surface area contributed by atoms with Crippen molar-refractivity contribution >= 4 is 73.1 Å². The zero-order valence-corrected chi connectivity index (χ0v) is 23.2. The molecule has 38 heavy (non-hydrogen) atoms. The lowest BCUT2D eigenvalue weighted by molar-refractivity contribution is -0.122. The third-order valence-corrected chi connectivity index (χ3v) is 6.30. The first-order valence-electron chi connectivity index (χ1n) is 11.4. The van der Waals surface area contributed by atoms with E-state index in [0.29, 0.717) is 32.6 Å². The topological polar surface area (TPSA) is 114 Å². The van der Waals surface area contributed by atoms with E-state index in [4.69, 9.17) is 9.47 Å². The Bertz CT molecular complexity index is 1420. The summed E-state index contributed by atoms with van der Waals surface area (Å²) in [5, 5.41) is 4.92. The van der Waals surface area contributed by atoms with Crippen LogP contribution in [-0.2, 0) is 14.4 Å². The Labute approximate surface area is 235 Å². The van der Waals surface area contributed by atoms with E-state index in [2.05, 4.69) is 42.5 Å². The molecule has 1 aliphatic heterocycles. The number of rotatable bonds is 8. The third kappa shape index (κ3) is 6.29. The second-order valence-electron chi connectivity index (χ2n) is 7.89. The molecular weight excluding hydrogens is 622 g/mol. The Morgan fingerprint density at radius 2 is 1.71 bits per heavy atom. The molecule has 1 aliphatic rings. The van der Waals surface area contributed by atoms with Gasteiger partial charge in [-0.25, -0.2) is 9.69 Å². The SMILES string of the molecule is CCOc1ccc(N2C(=O)NC(=O)/C(=C\c3cc(Br)cc(Br)c3OCC(=O)Nc3ccccc3)C2=O)cc1. The van der Waals surface area contributed by atoms with Gasteiger partial charge in [0.25, 0.3) is 17.7 Å². The number of imide groups is 2. The molecular formula is C27H21Br2N3O6. The van der Waals surface area contributed by atoms with Gasteiger partial charge in [-0.05, 0) is 77.5 Å². The number of benzene rings is 3. The molecule has 3 aromatic rings. The van der Waals surface area contributed by atoms with E-state index >= 15 is 0 Å². The number of hydrogen-bond donors (Lipinski definition) is 2. The average Bonchev–Trinajstić information content (AvgIpc) is 2.87. The van der Waals surface area contributed by atoms with E-state index in [0.717, 1.165) is 4.90 Å². The lowest BCUT2D eigenvalue weighted by Gasteiger charge is -2.26. The van der Waals surface area contributed by atoms with Crippen molar-refractivity contribution in [3.8, 4) is 11.5 Å². The molecule has 11 heteroatoms. The molecule has 2 N–H and O–H groups in total. The van der Waals surface area contributed by atoms with Gasteiger partial charge in [-0.1, -0.05) is 34.1 Å². The van der Waals surface area contributed by atoms with Gasteiger partial charge in [0.15, 0.2) is 6.61 Å². The van der Waals surface area contributed by atoms with Gasteiger partial charge in [0.1, 0.15) is 17.1 Å². The quantitative estimate of drug-likeness (QED) is 0.255. The Kier molecular flexibility index (Phi) is 8.59. The van der Waals surface area contributed by atoms with E-state index in [1.54, 1.807) is 60.7 Å². The number of amides is 5. The average molecular weight is 643 g/mol. The molecule has 4 rings (SSSR count). The van der Waals surface area contributed by atoms with Crippen LogP contribution in [0.3, 0.4) is 0 Å². The van der Waals surface area contributed by atoms with Crippen molar-refractivity contribution in [3.05, 3.63) is 86.8 Å². The fraction of sp³-hybridized carbons (Fsp3) is 0.111. The molecule has 1 fully saturated rings. The maximum atomic E-state index is 13.3. The number of nitrogens with one attached hydrogen (secondary N) is 2. The first kappa shape index (κ1) is 27.1. The van der Waals surface area contributed by atoms with Crippen LogP contribution in [0.1, 0.15) is 12.5 Å². The monoisotopic (exact) mass is 641 g/mol. The van der Waals surface area contributed by atoms with E-state index in [-0.39, 0.29) is 23.6 Å². The highest BCUT2D eigenvalue weighted by Crippen LogP contribution is 2.35. The van der Waals surface area contributed by atoms with Crippen LogP contribution in [0.2, 0.25) is 0 Å². The van der Waals surface area contributed by atoms with Crippen molar-refractivity contribution in [2.24, 2.45) is 0 Å². The molecule has 5 amide bonds.